The lowest BCUT2D eigenvalue weighted by Crippen LogP contribution is -2.20. The highest BCUT2D eigenvalue weighted by Crippen LogP contribution is 2.19. The van der Waals surface area contributed by atoms with Gasteiger partial charge in [0, 0.05) is 12.3 Å². The molecule has 0 saturated heterocycles. The third kappa shape index (κ3) is 2.85. The molecular formula is C15H17NO3. The van der Waals surface area contributed by atoms with Gasteiger partial charge in [-0.1, -0.05) is 30.3 Å². The van der Waals surface area contributed by atoms with E-state index in [9.17, 15) is 15.0 Å². The predicted octanol–water partition coefficient (Wildman–Crippen LogP) is 1.64. The molecule has 0 spiro atoms. The highest BCUT2D eigenvalue weighted by molar-refractivity contribution is 5.26. The molecule has 0 aliphatic heterocycles. The van der Waals surface area contributed by atoms with Crippen LogP contribution >= 0.6 is 0 Å². The average Bonchev–Trinajstić information content (AvgIpc) is 2.44. The highest BCUT2D eigenvalue weighted by atomic mass is 16.3. The van der Waals surface area contributed by atoms with Crippen molar-refractivity contribution in [3.8, 4) is 5.75 Å². The number of rotatable bonds is 4. The maximum Gasteiger partial charge on any atom is 0.223 e. The van der Waals surface area contributed by atoms with Gasteiger partial charge in [0.05, 0.1) is 18.3 Å². The van der Waals surface area contributed by atoms with Crippen LogP contribution in [0.2, 0.25) is 0 Å². The lowest BCUT2D eigenvalue weighted by Gasteiger charge is -2.21. The molecule has 0 radical (unpaired) electrons. The molecule has 0 amide bonds. The van der Waals surface area contributed by atoms with E-state index in [1.165, 1.54) is 6.07 Å². The molecule has 1 aromatic carbocycles. The van der Waals surface area contributed by atoms with Crippen molar-refractivity contribution in [2.75, 3.05) is 6.61 Å². The summed E-state index contributed by atoms with van der Waals surface area (Å²) in [6.07, 6.45) is 2.25. The Bertz CT molecular complexity index is 605. The van der Waals surface area contributed by atoms with Gasteiger partial charge in [-0.2, -0.15) is 0 Å². The van der Waals surface area contributed by atoms with Gasteiger partial charge < -0.3 is 14.8 Å². The highest BCUT2D eigenvalue weighted by Gasteiger charge is 2.14. The maximum absolute atomic E-state index is 11.3. The average molecular weight is 259 g/mol. The van der Waals surface area contributed by atoms with Crippen molar-refractivity contribution in [3.63, 3.8) is 0 Å². The maximum atomic E-state index is 11.3. The van der Waals surface area contributed by atoms with Gasteiger partial charge in [0.25, 0.3) is 0 Å². The van der Waals surface area contributed by atoms with Crippen molar-refractivity contribution in [3.05, 3.63) is 64.1 Å². The van der Waals surface area contributed by atoms with E-state index < -0.39 is 5.43 Å². The summed E-state index contributed by atoms with van der Waals surface area (Å²) in [5, 5.41) is 19.2. The van der Waals surface area contributed by atoms with Crippen molar-refractivity contribution >= 4 is 0 Å². The normalized spacial score (nSPS) is 12.3. The molecule has 0 fully saturated rings. The van der Waals surface area contributed by atoms with Gasteiger partial charge in [-0.3, -0.25) is 4.79 Å². The smallest absolute Gasteiger partial charge is 0.223 e. The lowest BCUT2D eigenvalue weighted by molar-refractivity contribution is 0.224. The van der Waals surface area contributed by atoms with Gasteiger partial charge in [0.1, 0.15) is 0 Å². The second kappa shape index (κ2) is 5.71. The SMILES string of the molecule is Cc1c(O)c(=O)ccn1[C@@H](CO)Cc1ccccc1. The molecular weight excluding hydrogens is 242 g/mol. The van der Waals surface area contributed by atoms with E-state index in [1.807, 2.05) is 30.3 Å². The zero-order chi connectivity index (χ0) is 13.8. The van der Waals surface area contributed by atoms with Crippen LogP contribution in [0.15, 0.2) is 47.4 Å². The quantitative estimate of drug-likeness (QED) is 0.877. The first-order valence-electron chi connectivity index (χ1n) is 6.19. The van der Waals surface area contributed by atoms with Crippen LogP contribution in [-0.2, 0) is 6.42 Å². The Morgan fingerprint density at radius 3 is 2.53 bits per heavy atom. The van der Waals surface area contributed by atoms with Crippen LogP contribution in [0.5, 0.6) is 5.75 Å². The third-order valence-electron chi connectivity index (χ3n) is 3.27. The summed E-state index contributed by atoms with van der Waals surface area (Å²) in [4.78, 5) is 11.3. The molecule has 0 aliphatic carbocycles. The van der Waals surface area contributed by atoms with Gasteiger partial charge in [0.2, 0.25) is 5.43 Å². The second-order valence-corrected chi connectivity index (χ2v) is 4.55. The summed E-state index contributed by atoms with van der Waals surface area (Å²) < 4.78 is 1.74. The molecule has 1 atom stereocenters. The zero-order valence-corrected chi connectivity index (χ0v) is 10.8. The van der Waals surface area contributed by atoms with Crippen LogP contribution in [0.4, 0.5) is 0 Å². The van der Waals surface area contributed by atoms with Crippen molar-refractivity contribution in [2.24, 2.45) is 0 Å². The molecule has 0 aliphatic rings. The Kier molecular flexibility index (Phi) is 4.02. The first-order chi connectivity index (χ1) is 9.13. The van der Waals surface area contributed by atoms with Crippen LogP contribution in [0, 0.1) is 6.92 Å². The summed E-state index contributed by atoms with van der Waals surface area (Å²) in [6, 6.07) is 10.9. The van der Waals surface area contributed by atoms with Crippen LogP contribution in [0.25, 0.3) is 0 Å². The first kappa shape index (κ1) is 13.4. The molecule has 1 heterocycles. The summed E-state index contributed by atoms with van der Waals surface area (Å²) >= 11 is 0. The number of aromatic hydroxyl groups is 1. The molecule has 2 N–H and O–H groups in total. The summed E-state index contributed by atoms with van der Waals surface area (Å²) in [6.45, 7) is 1.61. The molecule has 2 aromatic rings. The Hall–Kier alpha value is -2.07. The zero-order valence-electron chi connectivity index (χ0n) is 10.8. The summed E-state index contributed by atoms with van der Waals surface area (Å²) in [5.41, 5.74) is 1.17. The minimum absolute atomic E-state index is 0.0575. The first-order valence-corrected chi connectivity index (χ1v) is 6.19. The van der Waals surface area contributed by atoms with E-state index >= 15 is 0 Å². The molecule has 100 valence electrons. The van der Waals surface area contributed by atoms with Crippen molar-refractivity contribution < 1.29 is 10.2 Å². The molecule has 4 heteroatoms. The number of aromatic nitrogens is 1. The van der Waals surface area contributed by atoms with Crippen molar-refractivity contribution in [1.29, 1.82) is 0 Å². The fourth-order valence-electron chi connectivity index (χ4n) is 2.17. The van der Waals surface area contributed by atoms with E-state index in [0.717, 1.165) is 5.56 Å². The van der Waals surface area contributed by atoms with Crippen LogP contribution in [0.3, 0.4) is 0 Å². The number of pyridine rings is 1. The standard InChI is InChI=1S/C15H17NO3/c1-11-15(19)14(18)7-8-16(11)13(10-17)9-12-5-3-2-4-6-12/h2-8,13,17,19H,9-10H2,1H3/t13-/m1/s1. The van der Waals surface area contributed by atoms with Crippen LogP contribution < -0.4 is 5.43 Å². The van der Waals surface area contributed by atoms with Crippen molar-refractivity contribution in [1.82, 2.24) is 4.57 Å². The largest absolute Gasteiger partial charge is 0.503 e. The van der Waals surface area contributed by atoms with E-state index in [4.69, 9.17) is 0 Å². The Balaban J connectivity index is 2.33. The number of aliphatic hydroxyl groups excluding tert-OH is 1. The fourth-order valence-corrected chi connectivity index (χ4v) is 2.17. The minimum Gasteiger partial charge on any atom is -0.503 e. The molecule has 1 aromatic heterocycles. The monoisotopic (exact) mass is 259 g/mol. The molecule has 0 saturated carbocycles. The lowest BCUT2D eigenvalue weighted by atomic mass is 10.1. The Labute approximate surface area is 111 Å². The van der Waals surface area contributed by atoms with Crippen molar-refractivity contribution in [2.45, 2.75) is 19.4 Å². The third-order valence-corrected chi connectivity index (χ3v) is 3.27. The van der Waals surface area contributed by atoms with Gasteiger partial charge in [-0.25, -0.2) is 0 Å². The molecule has 0 bridgehead atoms. The fraction of sp³-hybridized carbons (Fsp3) is 0.267. The number of hydrogen-bond donors (Lipinski definition) is 2. The number of aliphatic hydroxyl groups is 1. The molecule has 2 rings (SSSR count). The van der Waals surface area contributed by atoms with Crippen LogP contribution in [-0.4, -0.2) is 21.4 Å². The van der Waals surface area contributed by atoms with Gasteiger partial charge in [-0.15, -0.1) is 0 Å². The summed E-state index contributed by atoms with van der Waals surface area (Å²) in [7, 11) is 0. The van der Waals surface area contributed by atoms with Gasteiger partial charge >= 0.3 is 0 Å². The minimum atomic E-state index is -0.398. The topological polar surface area (TPSA) is 62.5 Å². The van der Waals surface area contributed by atoms with E-state index in [2.05, 4.69) is 0 Å². The van der Waals surface area contributed by atoms with E-state index in [1.54, 1.807) is 17.7 Å². The Morgan fingerprint density at radius 2 is 1.89 bits per heavy atom. The van der Waals surface area contributed by atoms with E-state index in [0.29, 0.717) is 12.1 Å². The second-order valence-electron chi connectivity index (χ2n) is 4.55. The molecule has 0 unspecified atom stereocenters. The van der Waals surface area contributed by atoms with Gasteiger partial charge in [-0.05, 0) is 18.9 Å². The van der Waals surface area contributed by atoms with E-state index in [-0.39, 0.29) is 18.4 Å². The number of benzene rings is 1. The van der Waals surface area contributed by atoms with Gasteiger partial charge in [0.15, 0.2) is 5.75 Å². The number of nitrogens with zero attached hydrogens (tertiary/aromatic N) is 1. The number of hydrogen-bond acceptors (Lipinski definition) is 3. The summed E-state index contributed by atoms with van der Waals surface area (Å²) in [5.74, 6) is -0.256. The Morgan fingerprint density at radius 1 is 1.21 bits per heavy atom. The van der Waals surface area contributed by atoms with Crippen LogP contribution in [0.1, 0.15) is 17.3 Å². The molecule has 4 nitrogen and oxygen atoms in total. The molecule has 19 heavy (non-hydrogen) atoms. The predicted molar refractivity (Wildman–Crippen MR) is 73.4 cm³/mol.